The Labute approximate surface area is 134 Å². The van der Waals surface area contributed by atoms with Gasteiger partial charge in [0.25, 0.3) is 0 Å². The molecule has 0 bridgehead atoms. The van der Waals surface area contributed by atoms with Gasteiger partial charge in [-0.3, -0.25) is 4.57 Å². The molecule has 1 saturated heterocycles. The van der Waals surface area contributed by atoms with E-state index in [9.17, 15) is 13.2 Å². The van der Waals surface area contributed by atoms with Crippen LogP contribution < -0.4 is 5.76 Å². The average molecular weight is 340 g/mol. The van der Waals surface area contributed by atoms with Crippen LogP contribution in [0, 0.1) is 0 Å². The van der Waals surface area contributed by atoms with E-state index in [2.05, 4.69) is 0 Å². The van der Waals surface area contributed by atoms with Gasteiger partial charge < -0.3 is 9.15 Å². The highest BCUT2D eigenvalue weighted by molar-refractivity contribution is 7.89. The van der Waals surface area contributed by atoms with E-state index in [0.29, 0.717) is 12.1 Å². The van der Waals surface area contributed by atoms with Crippen molar-refractivity contribution in [2.75, 3.05) is 13.2 Å². The molecule has 0 spiro atoms. The highest BCUT2D eigenvalue weighted by atomic mass is 32.2. The van der Waals surface area contributed by atoms with Crippen LogP contribution in [-0.4, -0.2) is 42.1 Å². The minimum atomic E-state index is -3.72. The first-order chi connectivity index (χ1) is 10.6. The van der Waals surface area contributed by atoms with Gasteiger partial charge in [0.2, 0.25) is 10.0 Å². The van der Waals surface area contributed by atoms with Crippen LogP contribution in [0.3, 0.4) is 0 Å². The second kappa shape index (κ2) is 5.19. The summed E-state index contributed by atoms with van der Waals surface area (Å²) in [4.78, 5) is 11.7. The fraction of sp³-hybridized carbons (Fsp3) is 0.533. The molecule has 1 fully saturated rings. The molecule has 0 saturated carbocycles. The second-order valence-corrected chi connectivity index (χ2v) is 8.39. The summed E-state index contributed by atoms with van der Waals surface area (Å²) in [5.41, 5.74) is 0.180. The molecule has 2 heterocycles. The molecule has 23 heavy (non-hydrogen) atoms. The molecule has 8 heteroatoms. The first kappa shape index (κ1) is 16.2. The lowest BCUT2D eigenvalue weighted by atomic mass is 10.1. The van der Waals surface area contributed by atoms with Crippen LogP contribution in [0.2, 0.25) is 0 Å². The maximum Gasteiger partial charge on any atom is 0.419 e. The number of nitrogens with zero attached hydrogens (tertiary/aromatic N) is 2. The summed E-state index contributed by atoms with van der Waals surface area (Å²) in [6.45, 7) is 6.12. The van der Waals surface area contributed by atoms with E-state index >= 15 is 0 Å². The SMILES string of the molecule is CC1CN(S(=O)(=O)c2ccc3c(c2)oc(=O)n3C)C(C)(C)CO1. The molecule has 1 atom stereocenters. The zero-order valence-electron chi connectivity index (χ0n) is 13.6. The van der Waals surface area contributed by atoms with Crippen LogP contribution in [0.25, 0.3) is 11.1 Å². The molecular formula is C15H20N2O5S. The largest absolute Gasteiger partial charge is 0.419 e. The van der Waals surface area contributed by atoms with Gasteiger partial charge in [0, 0.05) is 19.7 Å². The van der Waals surface area contributed by atoms with E-state index in [1.807, 2.05) is 20.8 Å². The predicted octanol–water partition coefficient (Wildman–Crippen LogP) is 1.32. The van der Waals surface area contributed by atoms with Crippen LogP contribution in [-0.2, 0) is 21.8 Å². The van der Waals surface area contributed by atoms with Gasteiger partial charge in [-0.1, -0.05) is 0 Å². The summed E-state index contributed by atoms with van der Waals surface area (Å²) in [7, 11) is -2.14. The number of aryl methyl sites for hydroxylation is 1. The fourth-order valence-electron chi connectivity index (χ4n) is 2.78. The van der Waals surface area contributed by atoms with Gasteiger partial charge >= 0.3 is 5.76 Å². The standard InChI is InChI=1S/C15H20N2O5S/c1-10-8-17(15(2,3)9-21-10)23(19,20)11-5-6-12-13(7-11)22-14(18)16(12)4/h5-7,10H,8-9H2,1-4H3. The van der Waals surface area contributed by atoms with Crippen LogP contribution >= 0.6 is 0 Å². The molecule has 1 aliphatic heterocycles. The lowest BCUT2D eigenvalue weighted by molar-refractivity contribution is -0.0551. The fourth-order valence-corrected chi connectivity index (χ4v) is 4.64. The van der Waals surface area contributed by atoms with Crippen molar-refractivity contribution in [2.24, 2.45) is 7.05 Å². The summed E-state index contributed by atoms with van der Waals surface area (Å²) in [6.07, 6.45) is -0.170. The van der Waals surface area contributed by atoms with Crippen molar-refractivity contribution in [3.63, 3.8) is 0 Å². The van der Waals surface area contributed by atoms with Crippen molar-refractivity contribution in [3.8, 4) is 0 Å². The summed E-state index contributed by atoms with van der Waals surface area (Å²) in [6, 6.07) is 4.50. The first-order valence-corrected chi connectivity index (χ1v) is 8.81. The summed E-state index contributed by atoms with van der Waals surface area (Å²) in [5.74, 6) is -0.519. The number of benzene rings is 1. The number of hydrogen-bond acceptors (Lipinski definition) is 5. The van der Waals surface area contributed by atoms with Crippen molar-refractivity contribution in [3.05, 3.63) is 28.7 Å². The van der Waals surface area contributed by atoms with Gasteiger partial charge in [-0.15, -0.1) is 0 Å². The van der Waals surface area contributed by atoms with Gasteiger partial charge in [0.1, 0.15) is 0 Å². The number of sulfonamides is 1. The summed E-state index contributed by atoms with van der Waals surface area (Å²) in [5, 5.41) is 0. The van der Waals surface area contributed by atoms with E-state index < -0.39 is 21.3 Å². The number of aromatic nitrogens is 1. The van der Waals surface area contributed by atoms with Gasteiger partial charge in [-0.05, 0) is 32.9 Å². The van der Waals surface area contributed by atoms with E-state index in [-0.39, 0.29) is 23.1 Å². The highest BCUT2D eigenvalue weighted by Gasteiger charge is 2.42. The maximum atomic E-state index is 13.0. The number of fused-ring (bicyclic) bond motifs is 1. The van der Waals surface area contributed by atoms with Crippen molar-refractivity contribution in [1.29, 1.82) is 0 Å². The van der Waals surface area contributed by atoms with Gasteiger partial charge in [0.15, 0.2) is 5.58 Å². The van der Waals surface area contributed by atoms with Crippen LogP contribution in [0.1, 0.15) is 20.8 Å². The maximum absolute atomic E-state index is 13.0. The van der Waals surface area contributed by atoms with E-state index in [1.165, 1.54) is 21.0 Å². The minimum Gasteiger partial charge on any atom is -0.408 e. The molecule has 3 rings (SSSR count). The predicted molar refractivity (Wildman–Crippen MR) is 84.8 cm³/mol. The molecule has 2 aromatic rings. The Kier molecular flexibility index (Phi) is 3.66. The second-order valence-electron chi connectivity index (χ2n) is 6.53. The Hall–Kier alpha value is -1.64. The van der Waals surface area contributed by atoms with Crippen molar-refractivity contribution in [1.82, 2.24) is 8.87 Å². The molecule has 0 amide bonds. The molecule has 1 aromatic carbocycles. The molecule has 1 unspecified atom stereocenters. The molecule has 126 valence electrons. The number of oxazole rings is 1. The van der Waals surface area contributed by atoms with Gasteiger partial charge in [-0.25, -0.2) is 13.2 Å². The lowest BCUT2D eigenvalue weighted by Crippen LogP contribution is -2.57. The average Bonchev–Trinajstić information content (AvgIpc) is 2.76. The van der Waals surface area contributed by atoms with Gasteiger partial charge in [0.05, 0.1) is 28.7 Å². The van der Waals surface area contributed by atoms with Crippen LogP contribution in [0.4, 0.5) is 0 Å². The monoisotopic (exact) mass is 340 g/mol. The minimum absolute atomic E-state index is 0.113. The Morgan fingerprint density at radius 3 is 2.70 bits per heavy atom. The van der Waals surface area contributed by atoms with Gasteiger partial charge in [-0.2, -0.15) is 4.31 Å². The Balaban J connectivity index is 2.10. The topological polar surface area (TPSA) is 81.8 Å². The third-order valence-corrected chi connectivity index (χ3v) is 6.24. The zero-order chi connectivity index (χ0) is 17.0. The normalized spacial score (nSPS) is 22.5. The molecule has 0 aliphatic carbocycles. The Morgan fingerprint density at radius 1 is 1.30 bits per heavy atom. The van der Waals surface area contributed by atoms with Crippen LogP contribution in [0.15, 0.2) is 32.3 Å². The lowest BCUT2D eigenvalue weighted by Gasteiger charge is -2.43. The van der Waals surface area contributed by atoms with Crippen LogP contribution in [0.5, 0.6) is 0 Å². The third kappa shape index (κ3) is 2.60. The highest BCUT2D eigenvalue weighted by Crippen LogP contribution is 2.30. The molecule has 1 aliphatic rings. The number of morpholine rings is 1. The Morgan fingerprint density at radius 2 is 2.00 bits per heavy atom. The quantitative estimate of drug-likeness (QED) is 0.823. The van der Waals surface area contributed by atoms with Crippen molar-refractivity contribution < 1.29 is 17.6 Å². The number of hydrogen-bond donors (Lipinski definition) is 0. The summed E-state index contributed by atoms with van der Waals surface area (Å²) < 4.78 is 39.5. The number of ether oxygens (including phenoxy) is 1. The number of rotatable bonds is 2. The molecule has 1 aromatic heterocycles. The van der Waals surface area contributed by atoms with E-state index in [0.717, 1.165) is 0 Å². The van der Waals surface area contributed by atoms with Crippen molar-refractivity contribution >= 4 is 21.1 Å². The van der Waals surface area contributed by atoms with Crippen molar-refractivity contribution in [2.45, 2.75) is 37.3 Å². The first-order valence-electron chi connectivity index (χ1n) is 7.37. The molecule has 7 nitrogen and oxygen atoms in total. The summed E-state index contributed by atoms with van der Waals surface area (Å²) >= 11 is 0. The van der Waals surface area contributed by atoms with E-state index in [1.54, 1.807) is 13.1 Å². The molecule has 0 N–H and O–H groups in total. The Bertz CT molecular complexity index is 910. The molecule has 0 radical (unpaired) electrons. The molecular weight excluding hydrogens is 320 g/mol. The zero-order valence-corrected chi connectivity index (χ0v) is 14.4. The smallest absolute Gasteiger partial charge is 0.408 e. The van der Waals surface area contributed by atoms with E-state index in [4.69, 9.17) is 9.15 Å². The third-order valence-electron chi connectivity index (χ3n) is 4.17.